The highest BCUT2D eigenvalue weighted by molar-refractivity contribution is 9.11. The standard InChI is InChI=1S/C15H9Br2NO3/c16-12-5-11(15(19)20)6-13(17)14(12)21-8-10-4-2-1-3-9(10)7-18/h1-6H,8H2,(H,19,20). The Hall–Kier alpha value is -1.84. The second-order valence-electron chi connectivity index (χ2n) is 4.13. The number of aromatic carboxylic acids is 1. The lowest BCUT2D eigenvalue weighted by Gasteiger charge is -2.12. The summed E-state index contributed by atoms with van der Waals surface area (Å²) in [6, 6.07) is 12.2. The van der Waals surface area contributed by atoms with E-state index in [4.69, 9.17) is 15.1 Å². The molecule has 0 fully saturated rings. The number of benzene rings is 2. The van der Waals surface area contributed by atoms with Crippen LogP contribution in [-0.4, -0.2) is 11.1 Å². The first-order chi connectivity index (χ1) is 10.0. The highest BCUT2D eigenvalue weighted by Crippen LogP contribution is 2.35. The van der Waals surface area contributed by atoms with Gasteiger partial charge in [0.2, 0.25) is 0 Å². The Labute approximate surface area is 138 Å². The molecule has 106 valence electrons. The zero-order chi connectivity index (χ0) is 15.4. The van der Waals surface area contributed by atoms with Crippen LogP contribution in [0.5, 0.6) is 5.75 Å². The number of ether oxygens (including phenoxy) is 1. The summed E-state index contributed by atoms with van der Waals surface area (Å²) in [5.41, 5.74) is 1.46. The van der Waals surface area contributed by atoms with E-state index in [1.54, 1.807) is 12.1 Å². The summed E-state index contributed by atoms with van der Waals surface area (Å²) >= 11 is 6.58. The average Bonchev–Trinajstić information content (AvgIpc) is 2.46. The molecule has 0 radical (unpaired) electrons. The molecule has 0 spiro atoms. The molecule has 2 aromatic rings. The van der Waals surface area contributed by atoms with Gasteiger partial charge in [0.1, 0.15) is 12.4 Å². The van der Waals surface area contributed by atoms with E-state index in [0.29, 0.717) is 20.3 Å². The van der Waals surface area contributed by atoms with Crippen LogP contribution in [0.15, 0.2) is 45.3 Å². The first-order valence-electron chi connectivity index (χ1n) is 5.86. The van der Waals surface area contributed by atoms with Crippen molar-refractivity contribution in [2.45, 2.75) is 6.61 Å². The van der Waals surface area contributed by atoms with Crippen LogP contribution in [-0.2, 0) is 6.61 Å². The van der Waals surface area contributed by atoms with Gasteiger partial charge in [-0.3, -0.25) is 0 Å². The topological polar surface area (TPSA) is 70.3 Å². The molecule has 0 aliphatic carbocycles. The van der Waals surface area contributed by atoms with Crippen molar-refractivity contribution in [3.05, 3.63) is 62.0 Å². The molecule has 0 bridgehead atoms. The summed E-state index contributed by atoms with van der Waals surface area (Å²) in [6.45, 7) is 0.216. The van der Waals surface area contributed by atoms with Gasteiger partial charge in [0.15, 0.2) is 0 Å². The zero-order valence-electron chi connectivity index (χ0n) is 10.6. The molecule has 0 unspecified atom stereocenters. The first kappa shape index (κ1) is 15.5. The molecular formula is C15H9Br2NO3. The molecule has 0 aliphatic rings. The second kappa shape index (κ2) is 6.74. The predicted octanol–water partition coefficient (Wildman–Crippen LogP) is 4.36. The summed E-state index contributed by atoms with van der Waals surface area (Å²) in [5.74, 6) is -0.523. The highest BCUT2D eigenvalue weighted by atomic mass is 79.9. The van der Waals surface area contributed by atoms with Crippen molar-refractivity contribution in [1.82, 2.24) is 0 Å². The summed E-state index contributed by atoms with van der Waals surface area (Å²) in [4.78, 5) is 11.0. The molecule has 2 rings (SSSR count). The maximum absolute atomic E-state index is 11.0. The van der Waals surface area contributed by atoms with Gasteiger partial charge in [-0.15, -0.1) is 0 Å². The maximum Gasteiger partial charge on any atom is 0.335 e. The second-order valence-corrected chi connectivity index (χ2v) is 5.84. The van der Waals surface area contributed by atoms with E-state index >= 15 is 0 Å². The van der Waals surface area contributed by atoms with Crippen molar-refractivity contribution in [3.8, 4) is 11.8 Å². The Morgan fingerprint density at radius 3 is 2.43 bits per heavy atom. The van der Waals surface area contributed by atoms with Gasteiger partial charge < -0.3 is 9.84 Å². The van der Waals surface area contributed by atoms with E-state index < -0.39 is 5.97 Å². The summed E-state index contributed by atoms with van der Waals surface area (Å²) in [7, 11) is 0. The number of carboxylic acid groups (broad SMARTS) is 1. The summed E-state index contributed by atoms with van der Waals surface area (Å²) in [5, 5.41) is 18.0. The smallest absolute Gasteiger partial charge is 0.335 e. The molecule has 0 atom stereocenters. The van der Waals surface area contributed by atoms with Crippen LogP contribution in [0.1, 0.15) is 21.5 Å². The van der Waals surface area contributed by atoms with E-state index in [2.05, 4.69) is 37.9 Å². The lowest BCUT2D eigenvalue weighted by atomic mass is 10.1. The fraction of sp³-hybridized carbons (Fsp3) is 0.0667. The van der Waals surface area contributed by atoms with Crippen LogP contribution in [0, 0.1) is 11.3 Å². The molecule has 2 aromatic carbocycles. The molecular weight excluding hydrogens is 402 g/mol. The van der Waals surface area contributed by atoms with Crippen LogP contribution in [0.3, 0.4) is 0 Å². The molecule has 0 amide bonds. The van der Waals surface area contributed by atoms with E-state index in [1.807, 2.05) is 12.1 Å². The van der Waals surface area contributed by atoms with Crippen molar-refractivity contribution in [3.63, 3.8) is 0 Å². The number of hydrogen-bond acceptors (Lipinski definition) is 3. The van der Waals surface area contributed by atoms with E-state index in [1.165, 1.54) is 12.1 Å². The third-order valence-corrected chi connectivity index (χ3v) is 3.93. The number of rotatable bonds is 4. The van der Waals surface area contributed by atoms with Crippen LogP contribution in [0.4, 0.5) is 0 Å². The van der Waals surface area contributed by atoms with Crippen LogP contribution >= 0.6 is 31.9 Å². The third-order valence-electron chi connectivity index (χ3n) is 2.76. The van der Waals surface area contributed by atoms with Gasteiger partial charge in [0.05, 0.1) is 26.1 Å². The number of halogens is 2. The minimum Gasteiger partial charge on any atom is -0.486 e. The van der Waals surface area contributed by atoms with E-state index in [-0.39, 0.29) is 12.2 Å². The van der Waals surface area contributed by atoms with Crippen molar-refractivity contribution >= 4 is 37.8 Å². The van der Waals surface area contributed by atoms with Gasteiger partial charge in [-0.05, 0) is 50.1 Å². The Kier molecular flexibility index (Phi) is 4.99. The molecule has 0 saturated heterocycles. The molecule has 4 nitrogen and oxygen atoms in total. The van der Waals surface area contributed by atoms with Crippen LogP contribution in [0.25, 0.3) is 0 Å². The molecule has 21 heavy (non-hydrogen) atoms. The minimum absolute atomic E-state index is 0.151. The molecule has 6 heteroatoms. The fourth-order valence-corrected chi connectivity index (χ4v) is 3.14. The average molecular weight is 411 g/mol. The number of hydrogen-bond donors (Lipinski definition) is 1. The number of nitriles is 1. The van der Waals surface area contributed by atoms with Crippen molar-refractivity contribution < 1.29 is 14.6 Å². The third kappa shape index (κ3) is 3.63. The van der Waals surface area contributed by atoms with E-state index in [0.717, 1.165) is 5.56 Å². The van der Waals surface area contributed by atoms with Gasteiger partial charge in [-0.2, -0.15) is 5.26 Å². The number of carbonyl (C=O) groups is 1. The Morgan fingerprint density at radius 2 is 1.86 bits per heavy atom. The molecule has 0 saturated carbocycles. The predicted molar refractivity (Wildman–Crippen MR) is 84.3 cm³/mol. The SMILES string of the molecule is N#Cc1ccccc1COc1c(Br)cc(C(=O)O)cc1Br. The summed E-state index contributed by atoms with van der Waals surface area (Å²) in [6.07, 6.45) is 0. The van der Waals surface area contributed by atoms with Crippen LogP contribution < -0.4 is 4.74 Å². The first-order valence-corrected chi connectivity index (χ1v) is 7.44. The van der Waals surface area contributed by atoms with Gasteiger partial charge in [-0.1, -0.05) is 18.2 Å². The van der Waals surface area contributed by atoms with Gasteiger partial charge in [0.25, 0.3) is 0 Å². The van der Waals surface area contributed by atoms with Crippen molar-refractivity contribution in [2.75, 3.05) is 0 Å². The minimum atomic E-state index is -1.02. The lowest BCUT2D eigenvalue weighted by molar-refractivity contribution is 0.0696. The molecule has 0 heterocycles. The van der Waals surface area contributed by atoms with Crippen molar-refractivity contribution in [2.24, 2.45) is 0 Å². The number of nitrogens with zero attached hydrogens (tertiary/aromatic N) is 1. The van der Waals surface area contributed by atoms with Gasteiger partial charge >= 0.3 is 5.97 Å². The Balaban J connectivity index is 2.25. The molecule has 0 aromatic heterocycles. The number of carboxylic acids is 1. The normalized spacial score (nSPS) is 9.95. The Bertz CT molecular complexity index is 715. The largest absolute Gasteiger partial charge is 0.486 e. The zero-order valence-corrected chi connectivity index (χ0v) is 13.8. The van der Waals surface area contributed by atoms with Gasteiger partial charge in [0, 0.05) is 5.56 Å². The maximum atomic E-state index is 11.0. The van der Waals surface area contributed by atoms with Gasteiger partial charge in [-0.25, -0.2) is 4.79 Å². The fourth-order valence-electron chi connectivity index (χ4n) is 1.73. The molecule has 0 aliphatic heterocycles. The Morgan fingerprint density at radius 1 is 1.24 bits per heavy atom. The monoisotopic (exact) mass is 409 g/mol. The quantitative estimate of drug-likeness (QED) is 0.812. The highest BCUT2D eigenvalue weighted by Gasteiger charge is 2.13. The molecule has 1 N–H and O–H groups in total. The van der Waals surface area contributed by atoms with E-state index in [9.17, 15) is 4.79 Å². The lowest BCUT2D eigenvalue weighted by Crippen LogP contribution is -2.01. The van der Waals surface area contributed by atoms with Crippen molar-refractivity contribution in [1.29, 1.82) is 5.26 Å². The summed E-state index contributed by atoms with van der Waals surface area (Å²) < 4.78 is 6.76. The van der Waals surface area contributed by atoms with Crippen LogP contribution in [0.2, 0.25) is 0 Å².